The van der Waals surface area contributed by atoms with Crippen molar-refractivity contribution in [2.45, 2.75) is 18.7 Å². The second-order valence-electron chi connectivity index (χ2n) is 6.49. The molecule has 0 aliphatic carbocycles. The molecule has 1 aromatic carbocycles. The van der Waals surface area contributed by atoms with Crippen LogP contribution in [0.4, 0.5) is 16.0 Å². The first-order chi connectivity index (χ1) is 13.3. The molecule has 10 heteroatoms. The first kappa shape index (κ1) is 20.4. The average molecular weight is 409 g/mol. The molecule has 2 N–H and O–H groups in total. The molecule has 1 saturated heterocycles. The van der Waals surface area contributed by atoms with E-state index in [1.807, 2.05) is 13.0 Å². The van der Waals surface area contributed by atoms with Crippen LogP contribution in [0.15, 0.2) is 29.2 Å². The largest absolute Gasteiger partial charge is 0.378 e. The molecule has 3 rings (SSSR count). The van der Waals surface area contributed by atoms with E-state index in [0.717, 1.165) is 25.0 Å². The molecule has 0 atom stereocenters. The zero-order valence-corrected chi connectivity index (χ0v) is 16.7. The Hall–Kier alpha value is -2.30. The Morgan fingerprint density at radius 1 is 1.14 bits per heavy atom. The first-order valence-corrected chi connectivity index (χ1v) is 10.5. The van der Waals surface area contributed by atoms with E-state index in [1.165, 1.54) is 12.1 Å². The third-order valence-corrected chi connectivity index (χ3v) is 5.93. The van der Waals surface area contributed by atoms with Crippen molar-refractivity contribution in [3.05, 3.63) is 41.5 Å². The molecule has 8 nitrogen and oxygen atoms in total. The van der Waals surface area contributed by atoms with Gasteiger partial charge in [-0.25, -0.2) is 27.5 Å². The predicted octanol–water partition coefficient (Wildman–Crippen LogP) is 1.46. The van der Waals surface area contributed by atoms with Crippen molar-refractivity contribution in [2.75, 3.05) is 49.6 Å². The maximum Gasteiger partial charge on any atom is 0.240 e. The molecule has 152 valence electrons. The summed E-state index contributed by atoms with van der Waals surface area (Å²) >= 11 is 0. The van der Waals surface area contributed by atoms with Gasteiger partial charge in [0.25, 0.3) is 0 Å². The Balaban J connectivity index is 1.59. The molecule has 1 aliphatic rings. The van der Waals surface area contributed by atoms with E-state index < -0.39 is 15.8 Å². The summed E-state index contributed by atoms with van der Waals surface area (Å²) < 4.78 is 46.0. The van der Waals surface area contributed by atoms with Crippen LogP contribution in [0.1, 0.15) is 11.4 Å². The van der Waals surface area contributed by atoms with Gasteiger partial charge in [0.2, 0.25) is 10.0 Å². The summed E-state index contributed by atoms with van der Waals surface area (Å²) in [5.41, 5.74) is 0.489. The Kier molecular flexibility index (Phi) is 6.42. The lowest BCUT2D eigenvalue weighted by molar-refractivity contribution is 0.122. The summed E-state index contributed by atoms with van der Waals surface area (Å²) in [5, 5.41) is 3.10. The summed E-state index contributed by atoms with van der Waals surface area (Å²) in [4.78, 5) is 10.9. The average Bonchev–Trinajstić information content (AvgIpc) is 2.67. The molecule has 0 amide bonds. The van der Waals surface area contributed by atoms with E-state index in [1.54, 1.807) is 6.92 Å². The number of benzene rings is 1. The van der Waals surface area contributed by atoms with Crippen molar-refractivity contribution in [3.63, 3.8) is 0 Å². The van der Waals surface area contributed by atoms with Crippen molar-refractivity contribution in [1.29, 1.82) is 0 Å². The van der Waals surface area contributed by atoms with Gasteiger partial charge in [0, 0.05) is 32.2 Å². The van der Waals surface area contributed by atoms with Gasteiger partial charge in [0.15, 0.2) is 0 Å². The van der Waals surface area contributed by atoms with Crippen molar-refractivity contribution in [3.8, 4) is 0 Å². The summed E-state index contributed by atoms with van der Waals surface area (Å²) in [6.07, 6.45) is 0. The number of hydrogen-bond donors (Lipinski definition) is 2. The van der Waals surface area contributed by atoms with Crippen LogP contribution in [0.3, 0.4) is 0 Å². The Bertz CT molecular complexity index is 933. The molecule has 28 heavy (non-hydrogen) atoms. The fourth-order valence-electron chi connectivity index (χ4n) is 2.91. The predicted molar refractivity (Wildman–Crippen MR) is 105 cm³/mol. The highest BCUT2D eigenvalue weighted by Gasteiger charge is 2.17. The lowest BCUT2D eigenvalue weighted by atomic mass is 10.2. The maximum absolute atomic E-state index is 13.4. The highest BCUT2D eigenvalue weighted by atomic mass is 32.2. The van der Waals surface area contributed by atoms with Gasteiger partial charge >= 0.3 is 0 Å². The molecule has 0 radical (unpaired) electrons. The minimum atomic E-state index is -3.79. The molecule has 0 spiro atoms. The van der Waals surface area contributed by atoms with Crippen LogP contribution < -0.4 is 14.9 Å². The number of nitrogens with zero attached hydrogens (tertiary/aromatic N) is 3. The summed E-state index contributed by atoms with van der Waals surface area (Å²) in [5.74, 6) is 1.48. The van der Waals surface area contributed by atoms with E-state index in [-0.39, 0.29) is 11.4 Å². The van der Waals surface area contributed by atoms with E-state index in [9.17, 15) is 12.8 Å². The van der Waals surface area contributed by atoms with E-state index >= 15 is 0 Å². The topological polar surface area (TPSA) is 96.5 Å². The number of aryl methyl sites for hydroxylation is 2. The number of hydrogen-bond acceptors (Lipinski definition) is 7. The van der Waals surface area contributed by atoms with Crippen LogP contribution >= 0.6 is 0 Å². The quantitative estimate of drug-likeness (QED) is 0.669. The zero-order chi connectivity index (χ0) is 20.1. The SMILES string of the molecule is Cc1nc(NCCNS(=O)(=O)c2cc(F)ccc2C)cc(N2CCOCC2)n1. The van der Waals surface area contributed by atoms with Crippen LogP contribution in [-0.2, 0) is 14.8 Å². The summed E-state index contributed by atoms with van der Waals surface area (Å²) in [7, 11) is -3.79. The molecule has 0 unspecified atom stereocenters. The molecule has 1 aliphatic heterocycles. The summed E-state index contributed by atoms with van der Waals surface area (Å²) in [6.45, 7) is 6.75. The standard InChI is InChI=1S/C18H24FN5O3S/c1-13-3-4-15(19)11-16(13)28(25,26)21-6-5-20-17-12-18(23-14(2)22-17)24-7-9-27-10-8-24/h3-4,11-12,21H,5-10H2,1-2H3,(H,20,22,23). The normalized spacial score (nSPS) is 14.9. The number of ether oxygens (including phenoxy) is 1. The van der Waals surface area contributed by atoms with Crippen molar-refractivity contribution in [2.24, 2.45) is 0 Å². The fraction of sp³-hybridized carbons (Fsp3) is 0.444. The molecule has 1 fully saturated rings. The van der Waals surface area contributed by atoms with Crippen LogP contribution in [0.25, 0.3) is 0 Å². The number of sulfonamides is 1. The number of aromatic nitrogens is 2. The van der Waals surface area contributed by atoms with Crippen molar-refractivity contribution in [1.82, 2.24) is 14.7 Å². The van der Waals surface area contributed by atoms with Gasteiger partial charge in [-0.05, 0) is 31.5 Å². The van der Waals surface area contributed by atoms with Gasteiger partial charge in [-0.3, -0.25) is 0 Å². The Labute approximate surface area is 164 Å². The Morgan fingerprint density at radius 2 is 1.89 bits per heavy atom. The number of anilines is 2. The van der Waals surface area contributed by atoms with E-state index in [2.05, 4.69) is 24.9 Å². The zero-order valence-electron chi connectivity index (χ0n) is 15.9. The summed E-state index contributed by atoms with van der Waals surface area (Å²) in [6, 6.07) is 5.54. The van der Waals surface area contributed by atoms with Crippen LogP contribution in [0, 0.1) is 19.7 Å². The van der Waals surface area contributed by atoms with Gasteiger partial charge in [-0.1, -0.05) is 6.07 Å². The van der Waals surface area contributed by atoms with E-state index in [0.29, 0.717) is 37.0 Å². The van der Waals surface area contributed by atoms with Gasteiger partial charge in [-0.2, -0.15) is 0 Å². The van der Waals surface area contributed by atoms with Gasteiger partial charge < -0.3 is 15.0 Å². The molecule has 1 aromatic heterocycles. The number of nitrogens with one attached hydrogen (secondary N) is 2. The smallest absolute Gasteiger partial charge is 0.240 e. The second-order valence-corrected chi connectivity index (χ2v) is 8.23. The fourth-order valence-corrected chi connectivity index (χ4v) is 4.20. The highest BCUT2D eigenvalue weighted by Crippen LogP contribution is 2.18. The number of morpholine rings is 1. The van der Waals surface area contributed by atoms with Crippen LogP contribution in [-0.4, -0.2) is 57.8 Å². The molecule has 2 heterocycles. The monoisotopic (exact) mass is 409 g/mol. The molecule has 0 bridgehead atoms. The molecular weight excluding hydrogens is 385 g/mol. The van der Waals surface area contributed by atoms with Gasteiger partial charge in [-0.15, -0.1) is 0 Å². The highest BCUT2D eigenvalue weighted by molar-refractivity contribution is 7.89. The van der Waals surface area contributed by atoms with Gasteiger partial charge in [0.1, 0.15) is 23.3 Å². The van der Waals surface area contributed by atoms with Crippen molar-refractivity contribution >= 4 is 21.7 Å². The number of rotatable bonds is 7. The van der Waals surface area contributed by atoms with Crippen LogP contribution in [0.5, 0.6) is 0 Å². The second kappa shape index (κ2) is 8.80. The lowest BCUT2D eigenvalue weighted by Gasteiger charge is -2.28. The van der Waals surface area contributed by atoms with Crippen LogP contribution in [0.2, 0.25) is 0 Å². The van der Waals surface area contributed by atoms with Gasteiger partial charge in [0.05, 0.1) is 18.1 Å². The van der Waals surface area contributed by atoms with Crippen molar-refractivity contribution < 1.29 is 17.5 Å². The first-order valence-electron chi connectivity index (χ1n) is 9.03. The molecular formula is C18H24FN5O3S. The Morgan fingerprint density at radius 3 is 2.64 bits per heavy atom. The third-order valence-electron chi connectivity index (χ3n) is 4.32. The molecule has 2 aromatic rings. The van der Waals surface area contributed by atoms with E-state index in [4.69, 9.17) is 4.74 Å². The lowest BCUT2D eigenvalue weighted by Crippen LogP contribution is -2.37. The minimum absolute atomic E-state index is 0.0556. The molecule has 0 saturated carbocycles. The maximum atomic E-state index is 13.4. The third kappa shape index (κ3) is 5.15. The minimum Gasteiger partial charge on any atom is -0.378 e. The number of halogens is 1.